The highest BCUT2D eigenvalue weighted by atomic mass is 32.2. The van der Waals surface area contributed by atoms with E-state index in [1.54, 1.807) is 42.5 Å². The maximum absolute atomic E-state index is 13.1. The molecule has 0 spiro atoms. The van der Waals surface area contributed by atoms with E-state index in [0.29, 0.717) is 5.69 Å². The number of allylic oxidation sites excluding steroid dienone is 2. The van der Waals surface area contributed by atoms with E-state index in [-0.39, 0.29) is 28.5 Å². The number of fused-ring (bicyclic) bond motifs is 3. The summed E-state index contributed by atoms with van der Waals surface area (Å²) < 4.78 is 28.8. The first kappa shape index (κ1) is 21.2. The third-order valence-electron chi connectivity index (χ3n) is 6.38. The summed E-state index contributed by atoms with van der Waals surface area (Å²) in [5.74, 6) is 0.261. The number of nitro benzene ring substituents is 1. The maximum Gasteiger partial charge on any atom is 0.269 e. The van der Waals surface area contributed by atoms with Gasteiger partial charge < -0.3 is 5.32 Å². The molecule has 1 aliphatic carbocycles. The lowest BCUT2D eigenvalue weighted by Gasteiger charge is -2.37. The number of nitrogens with zero attached hydrogens (tertiary/aromatic N) is 1. The van der Waals surface area contributed by atoms with E-state index in [0.717, 1.165) is 28.8 Å². The molecular weight excluding hydrogens is 438 g/mol. The fraction of sp³-hybridized carbons (Fsp3) is 0.200. The minimum atomic E-state index is -3.74. The number of hydrogen-bond acceptors (Lipinski definition) is 5. The van der Waals surface area contributed by atoms with Crippen LogP contribution in [0.4, 0.5) is 17.1 Å². The van der Waals surface area contributed by atoms with Crippen LogP contribution in [0.25, 0.3) is 0 Å². The first-order valence-electron chi connectivity index (χ1n) is 10.7. The maximum atomic E-state index is 13.1. The highest BCUT2D eigenvalue weighted by molar-refractivity contribution is 7.92. The molecule has 168 valence electrons. The Kier molecular flexibility index (Phi) is 5.17. The zero-order valence-corrected chi connectivity index (χ0v) is 18.7. The summed E-state index contributed by atoms with van der Waals surface area (Å²) in [6, 6.07) is 19.0. The van der Waals surface area contributed by atoms with Crippen molar-refractivity contribution < 1.29 is 13.3 Å². The Morgan fingerprint density at radius 3 is 2.58 bits per heavy atom. The van der Waals surface area contributed by atoms with Gasteiger partial charge in [-0.15, -0.1) is 0 Å². The Morgan fingerprint density at radius 2 is 1.85 bits per heavy atom. The molecule has 2 aliphatic rings. The number of hydrogen-bond donors (Lipinski definition) is 2. The second-order valence-corrected chi connectivity index (χ2v) is 10.2. The molecule has 0 radical (unpaired) electrons. The van der Waals surface area contributed by atoms with Crippen molar-refractivity contribution in [1.29, 1.82) is 0 Å². The van der Waals surface area contributed by atoms with E-state index in [9.17, 15) is 18.5 Å². The SMILES string of the molecule is Cc1cccc(NS(=O)(=O)c2ccc3c(c2)[C@H]2C=CC[C@H]2[C@@H](c2ccc([N+](=O)[O-])cc2)N3)c1. The molecule has 1 heterocycles. The van der Waals surface area contributed by atoms with Crippen LogP contribution in [-0.4, -0.2) is 13.3 Å². The first-order chi connectivity index (χ1) is 15.8. The van der Waals surface area contributed by atoms with E-state index >= 15 is 0 Å². The van der Waals surface area contributed by atoms with Crippen molar-refractivity contribution in [1.82, 2.24) is 0 Å². The molecule has 3 atom stereocenters. The normalized spacial score (nSPS) is 21.1. The lowest BCUT2D eigenvalue weighted by molar-refractivity contribution is -0.384. The third kappa shape index (κ3) is 3.98. The summed E-state index contributed by atoms with van der Waals surface area (Å²) in [5.41, 5.74) is 4.36. The van der Waals surface area contributed by atoms with Crippen molar-refractivity contribution in [2.24, 2.45) is 5.92 Å². The van der Waals surface area contributed by atoms with Crippen molar-refractivity contribution in [3.63, 3.8) is 0 Å². The molecule has 3 aromatic rings. The average Bonchev–Trinajstić information content (AvgIpc) is 3.28. The monoisotopic (exact) mass is 461 g/mol. The minimum Gasteiger partial charge on any atom is -0.378 e. The third-order valence-corrected chi connectivity index (χ3v) is 7.76. The highest BCUT2D eigenvalue weighted by Gasteiger charge is 2.38. The molecule has 7 nitrogen and oxygen atoms in total. The van der Waals surface area contributed by atoms with Crippen molar-refractivity contribution in [3.8, 4) is 0 Å². The van der Waals surface area contributed by atoms with Crippen LogP contribution in [0.15, 0.2) is 83.8 Å². The van der Waals surface area contributed by atoms with Crippen LogP contribution in [0.2, 0.25) is 0 Å². The Balaban J connectivity index is 1.47. The van der Waals surface area contributed by atoms with Crippen LogP contribution < -0.4 is 10.0 Å². The number of non-ortho nitro benzene ring substituents is 1. The van der Waals surface area contributed by atoms with Crippen LogP contribution >= 0.6 is 0 Å². The Labute approximate surface area is 192 Å². The number of aryl methyl sites for hydroxylation is 1. The lowest BCUT2D eigenvalue weighted by atomic mass is 9.77. The number of benzene rings is 3. The number of rotatable bonds is 5. The van der Waals surface area contributed by atoms with Gasteiger partial charge in [-0.1, -0.05) is 36.4 Å². The van der Waals surface area contributed by atoms with Gasteiger partial charge in [0, 0.05) is 29.4 Å². The number of nitrogens with one attached hydrogen (secondary N) is 2. The van der Waals surface area contributed by atoms with E-state index in [1.165, 1.54) is 12.1 Å². The van der Waals surface area contributed by atoms with Gasteiger partial charge in [0.25, 0.3) is 15.7 Å². The fourth-order valence-corrected chi connectivity index (χ4v) is 5.88. The van der Waals surface area contributed by atoms with Crippen LogP contribution in [0.3, 0.4) is 0 Å². The van der Waals surface area contributed by atoms with Gasteiger partial charge in [0.1, 0.15) is 0 Å². The van der Waals surface area contributed by atoms with Crippen molar-refractivity contribution in [2.45, 2.75) is 30.2 Å². The first-order valence-corrected chi connectivity index (χ1v) is 12.2. The predicted octanol–water partition coefficient (Wildman–Crippen LogP) is 5.53. The molecule has 0 saturated heterocycles. The summed E-state index contributed by atoms with van der Waals surface area (Å²) >= 11 is 0. The molecule has 5 rings (SSSR count). The van der Waals surface area contributed by atoms with Gasteiger partial charge in [0.05, 0.1) is 15.9 Å². The number of sulfonamides is 1. The minimum absolute atomic E-state index is 0.0221. The van der Waals surface area contributed by atoms with Crippen molar-refractivity contribution in [2.75, 3.05) is 10.0 Å². The largest absolute Gasteiger partial charge is 0.378 e. The number of anilines is 2. The van der Waals surface area contributed by atoms with Gasteiger partial charge >= 0.3 is 0 Å². The molecular formula is C25H23N3O4S. The van der Waals surface area contributed by atoms with Gasteiger partial charge in [0.15, 0.2) is 0 Å². The number of nitro groups is 1. The van der Waals surface area contributed by atoms with Crippen LogP contribution in [0.1, 0.15) is 35.1 Å². The fourth-order valence-electron chi connectivity index (χ4n) is 4.80. The zero-order valence-electron chi connectivity index (χ0n) is 17.9. The molecule has 3 aromatic carbocycles. The van der Waals surface area contributed by atoms with Gasteiger partial charge in [-0.3, -0.25) is 14.8 Å². The molecule has 0 amide bonds. The average molecular weight is 462 g/mol. The summed E-state index contributed by atoms with van der Waals surface area (Å²) in [5, 5.41) is 14.5. The smallest absolute Gasteiger partial charge is 0.269 e. The molecule has 8 heteroatoms. The molecule has 1 aliphatic heterocycles. The van der Waals surface area contributed by atoms with E-state index in [1.807, 2.05) is 19.1 Å². The Hall–Kier alpha value is -3.65. The van der Waals surface area contributed by atoms with Crippen LogP contribution in [0.5, 0.6) is 0 Å². The second-order valence-electron chi connectivity index (χ2n) is 8.55. The van der Waals surface area contributed by atoms with Crippen LogP contribution in [0, 0.1) is 23.0 Å². The van der Waals surface area contributed by atoms with Crippen LogP contribution in [-0.2, 0) is 10.0 Å². The molecule has 0 fully saturated rings. The summed E-state index contributed by atoms with van der Waals surface area (Å²) in [7, 11) is -3.74. The van der Waals surface area contributed by atoms with E-state index in [2.05, 4.69) is 22.2 Å². The summed E-state index contributed by atoms with van der Waals surface area (Å²) in [4.78, 5) is 10.8. The topological polar surface area (TPSA) is 101 Å². The summed E-state index contributed by atoms with van der Waals surface area (Å²) in [6.45, 7) is 1.91. The lowest BCUT2D eigenvalue weighted by Crippen LogP contribution is -2.29. The molecule has 0 aromatic heterocycles. The van der Waals surface area contributed by atoms with E-state index in [4.69, 9.17) is 0 Å². The van der Waals surface area contributed by atoms with Gasteiger partial charge in [-0.25, -0.2) is 8.42 Å². The second kappa shape index (κ2) is 8.04. The van der Waals surface area contributed by atoms with E-state index < -0.39 is 14.9 Å². The van der Waals surface area contributed by atoms with Crippen molar-refractivity contribution in [3.05, 3.63) is 106 Å². The van der Waals surface area contributed by atoms with Gasteiger partial charge in [0.2, 0.25) is 0 Å². The predicted molar refractivity (Wildman–Crippen MR) is 128 cm³/mol. The van der Waals surface area contributed by atoms with Gasteiger partial charge in [-0.05, 0) is 66.3 Å². The molecule has 0 bridgehead atoms. The molecule has 0 saturated carbocycles. The quantitative estimate of drug-likeness (QED) is 0.295. The Morgan fingerprint density at radius 1 is 1.06 bits per heavy atom. The zero-order chi connectivity index (χ0) is 23.2. The van der Waals surface area contributed by atoms with Gasteiger partial charge in [-0.2, -0.15) is 0 Å². The standard InChI is InChI=1S/C25H23N3O4S/c1-16-4-2-5-18(14-16)27-33(31,32)20-12-13-24-23(15-20)21-6-3-7-22(21)25(26-24)17-8-10-19(11-9-17)28(29)30/h2-6,8-15,21-22,25-27H,7H2,1H3/t21-,22+,25+/m0/s1. The molecule has 2 N–H and O–H groups in total. The molecule has 0 unspecified atom stereocenters. The molecule has 33 heavy (non-hydrogen) atoms. The Bertz CT molecular complexity index is 1370. The summed E-state index contributed by atoms with van der Waals surface area (Å²) in [6.07, 6.45) is 5.10. The highest BCUT2D eigenvalue weighted by Crippen LogP contribution is 2.50. The van der Waals surface area contributed by atoms with Crippen molar-refractivity contribution >= 4 is 27.1 Å².